The van der Waals surface area contributed by atoms with Crippen molar-refractivity contribution in [3.05, 3.63) is 68.7 Å². The van der Waals surface area contributed by atoms with Gasteiger partial charge in [0.2, 0.25) is 11.8 Å². The lowest BCUT2D eigenvalue weighted by atomic mass is 10.1. The Balaban J connectivity index is 2.17. The second kappa shape index (κ2) is 12.2. The number of nitrogens with one attached hydrogen (secondary N) is 1. The number of nitrogens with zero attached hydrogens (tertiary/aromatic N) is 1. The lowest BCUT2D eigenvalue weighted by molar-refractivity contribution is -0.140. The number of rotatable bonds is 9. The Labute approximate surface area is 210 Å². The summed E-state index contributed by atoms with van der Waals surface area (Å²) in [4.78, 5) is 27.9. The van der Waals surface area contributed by atoms with Crippen LogP contribution in [0.5, 0.6) is 0 Å². The molecule has 0 aliphatic carbocycles. The monoisotopic (exact) mass is 514 g/mol. The quantitative estimate of drug-likeness (QED) is 0.409. The van der Waals surface area contributed by atoms with E-state index < -0.39 is 11.6 Å². The molecule has 174 valence electrons. The van der Waals surface area contributed by atoms with Gasteiger partial charge in [0.05, 0.1) is 15.8 Å². The molecule has 0 bridgehead atoms. The fraction of sp³-hybridized carbons (Fsp3) is 0.417. The highest BCUT2D eigenvalue weighted by atomic mass is 35.5. The third-order valence-electron chi connectivity index (χ3n) is 4.66. The van der Waals surface area contributed by atoms with E-state index in [0.29, 0.717) is 27.2 Å². The largest absolute Gasteiger partial charge is 0.350 e. The summed E-state index contributed by atoms with van der Waals surface area (Å²) < 4.78 is 0. The van der Waals surface area contributed by atoms with Gasteiger partial charge in [0, 0.05) is 22.9 Å². The summed E-state index contributed by atoms with van der Waals surface area (Å²) in [5, 5.41) is 4.55. The van der Waals surface area contributed by atoms with E-state index in [2.05, 4.69) is 5.32 Å². The first kappa shape index (κ1) is 26.8. The molecule has 1 N–H and O–H groups in total. The molecule has 2 rings (SSSR count). The van der Waals surface area contributed by atoms with Crippen molar-refractivity contribution in [2.75, 3.05) is 5.75 Å². The van der Waals surface area contributed by atoms with E-state index in [4.69, 9.17) is 34.8 Å². The standard InChI is InChI=1S/C24H29Cl3N2O2S/c1-5-21(23(31)28-24(2,3)4)29(13-17-8-6-7-9-18(17)25)22(30)15-32-14-16-10-11-19(26)20(27)12-16/h6-12,21H,5,13-15H2,1-4H3,(H,28,31). The van der Waals surface area contributed by atoms with Crippen molar-refractivity contribution in [3.8, 4) is 0 Å². The van der Waals surface area contributed by atoms with Crippen molar-refractivity contribution in [3.63, 3.8) is 0 Å². The van der Waals surface area contributed by atoms with Crippen molar-refractivity contribution >= 4 is 58.4 Å². The van der Waals surface area contributed by atoms with Gasteiger partial charge in [-0.15, -0.1) is 11.8 Å². The Kier molecular flexibility index (Phi) is 10.2. The SMILES string of the molecule is CCC(C(=O)NC(C)(C)C)N(Cc1ccccc1Cl)C(=O)CSCc1ccc(Cl)c(Cl)c1. The van der Waals surface area contributed by atoms with Crippen molar-refractivity contribution in [1.82, 2.24) is 10.2 Å². The van der Waals surface area contributed by atoms with E-state index in [1.165, 1.54) is 11.8 Å². The van der Waals surface area contributed by atoms with Crippen LogP contribution in [0.15, 0.2) is 42.5 Å². The molecule has 4 nitrogen and oxygen atoms in total. The molecule has 1 atom stereocenters. The summed E-state index contributed by atoms with van der Waals surface area (Å²) >= 11 is 19.9. The van der Waals surface area contributed by atoms with Gasteiger partial charge < -0.3 is 10.2 Å². The lowest BCUT2D eigenvalue weighted by Gasteiger charge is -2.33. The molecule has 0 saturated carbocycles. The zero-order chi connectivity index (χ0) is 23.9. The Morgan fingerprint density at radius 2 is 1.72 bits per heavy atom. The van der Waals surface area contributed by atoms with Crippen LogP contribution < -0.4 is 5.32 Å². The summed E-state index contributed by atoms with van der Waals surface area (Å²) in [6, 6.07) is 12.2. The third-order valence-corrected chi connectivity index (χ3v) is 6.76. The topological polar surface area (TPSA) is 49.4 Å². The Hall–Kier alpha value is -1.40. The molecule has 2 aromatic rings. The maximum atomic E-state index is 13.3. The van der Waals surface area contributed by atoms with Gasteiger partial charge in [-0.05, 0) is 56.5 Å². The molecule has 1 unspecified atom stereocenters. The number of carbonyl (C=O) groups excluding carboxylic acids is 2. The van der Waals surface area contributed by atoms with Crippen molar-refractivity contribution < 1.29 is 9.59 Å². The third kappa shape index (κ3) is 8.18. The molecule has 2 amide bonds. The molecule has 0 saturated heterocycles. The normalized spacial score (nSPS) is 12.3. The minimum absolute atomic E-state index is 0.120. The molecule has 0 aromatic heterocycles. The average Bonchev–Trinajstić information content (AvgIpc) is 2.70. The molecule has 0 fully saturated rings. The van der Waals surface area contributed by atoms with Crippen LogP contribution in [-0.2, 0) is 21.9 Å². The predicted octanol–water partition coefficient (Wildman–Crippen LogP) is 6.60. The maximum absolute atomic E-state index is 13.3. The molecular weight excluding hydrogens is 487 g/mol. The van der Waals surface area contributed by atoms with Crippen LogP contribution in [0.2, 0.25) is 15.1 Å². The van der Waals surface area contributed by atoms with Crippen molar-refractivity contribution in [2.45, 2.75) is 58.0 Å². The molecule has 8 heteroatoms. The Morgan fingerprint density at radius 3 is 2.31 bits per heavy atom. The number of halogens is 3. The smallest absolute Gasteiger partial charge is 0.243 e. The molecule has 2 aromatic carbocycles. The summed E-state index contributed by atoms with van der Waals surface area (Å²) in [5.41, 5.74) is 1.39. The number of amides is 2. The zero-order valence-electron chi connectivity index (χ0n) is 18.8. The Bertz CT molecular complexity index is 947. The summed E-state index contributed by atoms with van der Waals surface area (Å²) in [5.74, 6) is 0.540. The highest BCUT2D eigenvalue weighted by Gasteiger charge is 2.30. The predicted molar refractivity (Wildman–Crippen MR) is 137 cm³/mol. The van der Waals surface area contributed by atoms with E-state index in [0.717, 1.165) is 11.1 Å². The van der Waals surface area contributed by atoms with Crippen LogP contribution in [0.4, 0.5) is 0 Å². The van der Waals surface area contributed by atoms with E-state index in [1.54, 1.807) is 23.1 Å². The molecule has 0 spiro atoms. The first-order valence-corrected chi connectivity index (χ1v) is 12.7. The fourth-order valence-electron chi connectivity index (χ4n) is 3.15. The van der Waals surface area contributed by atoms with Gasteiger partial charge in [0.15, 0.2) is 0 Å². The summed E-state index contributed by atoms with van der Waals surface area (Å²) in [6.45, 7) is 7.94. The molecular formula is C24H29Cl3N2O2S. The summed E-state index contributed by atoms with van der Waals surface area (Å²) in [6.07, 6.45) is 0.496. The highest BCUT2D eigenvalue weighted by molar-refractivity contribution is 7.99. The van der Waals surface area contributed by atoms with Crippen LogP contribution in [0, 0.1) is 0 Å². The minimum Gasteiger partial charge on any atom is -0.350 e. The molecule has 0 aliphatic heterocycles. The van der Waals surface area contributed by atoms with Gasteiger partial charge in [0.25, 0.3) is 0 Å². The van der Waals surface area contributed by atoms with E-state index in [1.807, 2.05) is 52.0 Å². The van der Waals surface area contributed by atoms with E-state index in [9.17, 15) is 9.59 Å². The number of benzene rings is 2. The Morgan fingerprint density at radius 1 is 1.03 bits per heavy atom. The highest BCUT2D eigenvalue weighted by Crippen LogP contribution is 2.25. The van der Waals surface area contributed by atoms with Gasteiger partial charge in [-0.1, -0.05) is 66.0 Å². The molecule has 0 aliphatic rings. The second-order valence-electron chi connectivity index (χ2n) is 8.52. The van der Waals surface area contributed by atoms with Gasteiger partial charge in [-0.3, -0.25) is 9.59 Å². The first-order valence-electron chi connectivity index (χ1n) is 10.4. The number of carbonyl (C=O) groups is 2. The maximum Gasteiger partial charge on any atom is 0.243 e. The minimum atomic E-state index is -0.594. The van der Waals surface area contributed by atoms with Crippen LogP contribution >= 0.6 is 46.6 Å². The first-order chi connectivity index (χ1) is 15.0. The van der Waals surface area contributed by atoms with Gasteiger partial charge in [-0.2, -0.15) is 0 Å². The fourth-order valence-corrected chi connectivity index (χ4v) is 4.53. The molecule has 32 heavy (non-hydrogen) atoms. The van der Waals surface area contributed by atoms with Crippen LogP contribution in [0.25, 0.3) is 0 Å². The van der Waals surface area contributed by atoms with Crippen LogP contribution in [-0.4, -0.2) is 34.0 Å². The van der Waals surface area contributed by atoms with E-state index >= 15 is 0 Å². The number of hydrogen-bond donors (Lipinski definition) is 1. The lowest BCUT2D eigenvalue weighted by Crippen LogP contribution is -2.53. The van der Waals surface area contributed by atoms with Gasteiger partial charge in [-0.25, -0.2) is 0 Å². The summed E-state index contributed by atoms with van der Waals surface area (Å²) in [7, 11) is 0. The van der Waals surface area contributed by atoms with Crippen LogP contribution in [0.1, 0.15) is 45.2 Å². The molecule has 0 radical (unpaired) electrons. The molecule has 0 heterocycles. The van der Waals surface area contributed by atoms with Gasteiger partial charge >= 0.3 is 0 Å². The van der Waals surface area contributed by atoms with Crippen LogP contribution in [0.3, 0.4) is 0 Å². The second-order valence-corrected chi connectivity index (χ2v) is 10.7. The van der Waals surface area contributed by atoms with Crippen molar-refractivity contribution in [2.24, 2.45) is 0 Å². The van der Waals surface area contributed by atoms with E-state index in [-0.39, 0.29) is 24.1 Å². The average molecular weight is 516 g/mol. The number of hydrogen-bond acceptors (Lipinski definition) is 3. The zero-order valence-corrected chi connectivity index (χ0v) is 21.8. The van der Waals surface area contributed by atoms with Crippen molar-refractivity contribution in [1.29, 1.82) is 0 Å². The van der Waals surface area contributed by atoms with Gasteiger partial charge in [0.1, 0.15) is 6.04 Å². The number of thioether (sulfide) groups is 1.